The number of nitrogens with zero attached hydrogens (tertiary/aromatic N) is 2. The topological polar surface area (TPSA) is 105 Å². The summed E-state index contributed by atoms with van der Waals surface area (Å²) in [5, 5.41) is 7.07. The number of ether oxygens (including phenoxy) is 1. The summed E-state index contributed by atoms with van der Waals surface area (Å²) in [6, 6.07) is 10.0. The molecule has 0 atom stereocenters. The largest absolute Gasteiger partial charge is 0.439 e. The number of amides is 3. The fourth-order valence-electron chi connectivity index (χ4n) is 2.91. The maximum atomic E-state index is 13.0. The molecule has 1 saturated carbocycles. The third-order valence-corrected chi connectivity index (χ3v) is 5.01. The molecule has 4 rings (SSSR count). The summed E-state index contributed by atoms with van der Waals surface area (Å²) in [5.74, 6) is 0.702. The number of benzene rings is 2. The minimum absolute atomic E-state index is 0.0150. The lowest BCUT2D eigenvalue weighted by atomic mass is 10.2. The van der Waals surface area contributed by atoms with Crippen LogP contribution in [-0.2, 0) is 11.0 Å². The van der Waals surface area contributed by atoms with Gasteiger partial charge in [0, 0.05) is 29.4 Å². The normalized spacial score (nSPS) is 13.2. The Kier molecular flexibility index (Phi) is 6.55. The van der Waals surface area contributed by atoms with E-state index >= 15 is 0 Å². The van der Waals surface area contributed by atoms with E-state index < -0.39 is 22.8 Å². The molecule has 1 heterocycles. The molecule has 3 amide bonds. The number of halogens is 4. The highest BCUT2D eigenvalue weighted by Crippen LogP contribution is 2.36. The zero-order valence-electron chi connectivity index (χ0n) is 17.3. The lowest BCUT2D eigenvalue weighted by Gasteiger charge is -2.13. The first-order chi connectivity index (χ1) is 16.2. The van der Waals surface area contributed by atoms with Crippen LogP contribution >= 0.6 is 11.6 Å². The maximum absolute atomic E-state index is 13.0. The van der Waals surface area contributed by atoms with Crippen molar-refractivity contribution in [1.82, 2.24) is 9.97 Å². The minimum atomic E-state index is -4.65. The van der Waals surface area contributed by atoms with Gasteiger partial charge in [0.05, 0.1) is 10.6 Å². The van der Waals surface area contributed by atoms with E-state index in [0.29, 0.717) is 17.3 Å². The lowest BCUT2D eigenvalue weighted by Crippen LogP contribution is -2.20. The number of hydrogen-bond donors (Lipinski definition) is 3. The van der Waals surface area contributed by atoms with E-state index in [1.165, 1.54) is 24.5 Å². The number of carbonyl (C=O) groups is 2. The third kappa shape index (κ3) is 6.13. The molecule has 176 valence electrons. The van der Waals surface area contributed by atoms with Crippen LogP contribution < -0.4 is 20.7 Å². The van der Waals surface area contributed by atoms with Gasteiger partial charge < -0.3 is 20.7 Å². The quantitative estimate of drug-likeness (QED) is 0.396. The van der Waals surface area contributed by atoms with Gasteiger partial charge in [0.15, 0.2) is 0 Å². The van der Waals surface area contributed by atoms with E-state index in [9.17, 15) is 22.8 Å². The monoisotopic (exact) mass is 491 g/mol. The van der Waals surface area contributed by atoms with E-state index in [1.54, 1.807) is 18.2 Å². The van der Waals surface area contributed by atoms with Crippen LogP contribution in [-0.4, -0.2) is 21.9 Å². The Morgan fingerprint density at radius 3 is 2.41 bits per heavy atom. The highest BCUT2D eigenvalue weighted by Gasteiger charge is 2.33. The van der Waals surface area contributed by atoms with Crippen LogP contribution in [0.5, 0.6) is 11.6 Å². The van der Waals surface area contributed by atoms with Crippen molar-refractivity contribution >= 4 is 40.7 Å². The van der Waals surface area contributed by atoms with Crippen LogP contribution in [0.3, 0.4) is 0 Å². The van der Waals surface area contributed by atoms with Crippen LogP contribution in [0.4, 0.5) is 35.2 Å². The highest BCUT2D eigenvalue weighted by atomic mass is 35.5. The standard InChI is InChI=1S/C22H17ClF3N5O3/c23-17-7-6-14(9-16(17)22(24,25)26)30-21(33)29-13-2-1-3-15(8-13)34-19-10-18(27-11-28-19)31-20(32)12-4-5-12/h1-3,6-12H,4-5H2,(H2,29,30,33)(H,27,28,31,32). The van der Waals surface area contributed by atoms with Gasteiger partial charge >= 0.3 is 12.2 Å². The Morgan fingerprint density at radius 2 is 1.71 bits per heavy atom. The van der Waals surface area contributed by atoms with Crippen LogP contribution in [0, 0.1) is 5.92 Å². The second-order valence-electron chi connectivity index (χ2n) is 7.41. The fraction of sp³-hybridized carbons (Fsp3) is 0.182. The molecule has 0 spiro atoms. The van der Waals surface area contributed by atoms with Crippen LogP contribution in [0.15, 0.2) is 54.9 Å². The molecular formula is C22H17ClF3N5O3. The number of aromatic nitrogens is 2. The van der Waals surface area contributed by atoms with E-state index in [4.69, 9.17) is 16.3 Å². The van der Waals surface area contributed by atoms with E-state index in [0.717, 1.165) is 25.0 Å². The smallest absolute Gasteiger partial charge is 0.417 e. The Bertz CT molecular complexity index is 1230. The van der Waals surface area contributed by atoms with Crippen molar-refractivity contribution in [2.75, 3.05) is 16.0 Å². The van der Waals surface area contributed by atoms with Crippen LogP contribution in [0.1, 0.15) is 18.4 Å². The average Bonchev–Trinajstić information content (AvgIpc) is 3.60. The molecule has 0 saturated heterocycles. The third-order valence-electron chi connectivity index (χ3n) is 4.69. The first kappa shape index (κ1) is 23.3. The number of alkyl halides is 3. The number of nitrogens with one attached hydrogen (secondary N) is 3. The Labute approximate surface area is 196 Å². The molecular weight excluding hydrogens is 475 g/mol. The van der Waals surface area contributed by atoms with Gasteiger partial charge in [-0.15, -0.1) is 0 Å². The van der Waals surface area contributed by atoms with Crippen LogP contribution in [0.25, 0.3) is 0 Å². The number of anilines is 3. The van der Waals surface area contributed by atoms with Gasteiger partial charge in [-0.25, -0.2) is 14.8 Å². The molecule has 1 fully saturated rings. The van der Waals surface area contributed by atoms with Crippen molar-refractivity contribution in [3.05, 3.63) is 65.4 Å². The molecule has 2 aromatic carbocycles. The van der Waals surface area contributed by atoms with E-state index in [-0.39, 0.29) is 23.4 Å². The van der Waals surface area contributed by atoms with E-state index in [2.05, 4.69) is 25.9 Å². The first-order valence-corrected chi connectivity index (χ1v) is 10.4. The van der Waals surface area contributed by atoms with Gasteiger partial charge in [-0.1, -0.05) is 17.7 Å². The summed E-state index contributed by atoms with van der Waals surface area (Å²) in [4.78, 5) is 32.1. The summed E-state index contributed by atoms with van der Waals surface area (Å²) in [6.45, 7) is 0. The highest BCUT2D eigenvalue weighted by molar-refractivity contribution is 6.31. The molecule has 34 heavy (non-hydrogen) atoms. The zero-order valence-corrected chi connectivity index (χ0v) is 18.1. The molecule has 1 aromatic heterocycles. The Hall–Kier alpha value is -3.86. The SMILES string of the molecule is O=C(Nc1cccc(Oc2cc(NC(=O)C3CC3)ncn2)c1)Nc1ccc(Cl)c(C(F)(F)F)c1. The van der Waals surface area contributed by atoms with Crippen molar-refractivity contribution in [3.63, 3.8) is 0 Å². The van der Waals surface area contributed by atoms with Gasteiger partial charge in [-0.05, 0) is 43.2 Å². The summed E-state index contributed by atoms with van der Waals surface area (Å²) in [6.07, 6.45) is -1.70. The molecule has 0 radical (unpaired) electrons. The Balaban J connectivity index is 1.39. The predicted molar refractivity (Wildman–Crippen MR) is 119 cm³/mol. The summed E-state index contributed by atoms with van der Waals surface area (Å²) in [5.41, 5.74) is -0.820. The fourth-order valence-corrected chi connectivity index (χ4v) is 3.13. The summed E-state index contributed by atoms with van der Waals surface area (Å²) in [7, 11) is 0. The van der Waals surface area contributed by atoms with Gasteiger partial charge in [0.1, 0.15) is 17.9 Å². The molecule has 12 heteroatoms. The first-order valence-electron chi connectivity index (χ1n) is 10.0. The number of carbonyl (C=O) groups excluding carboxylic acids is 2. The number of rotatable bonds is 6. The molecule has 0 bridgehead atoms. The van der Waals surface area contributed by atoms with Gasteiger partial charge in [-0.3, -0.25) is 4.79 Å². The summed E-state index contributed by atoms with van der Waals surface area (Å²) >= 11 is 5.59. The zero-order chi connectivity index (χ0) is 24.3. The van der Waals surface area contributed by atoms with Gasteiger partial charge in [0.25, 0.3) is 0 Å². The average molecular weight is 492 g/mol. The van der Waals surface area contributed by atoms with Crippen LogP contribution in [0.2, 0.25) is 5.02 Å². The van der Waals surface area contributed by atoms with Gasteiger partial charge in [0.2, 0.25) is 11.8 Å². The maximum Gasteiger partial charge on any atom is 0.417 e. The summed E-state index contributed by atoms with van der Waals surface area (Å²) < 4.78 is 44.7. The van der Waals surface area contributed by atoms with Crippen molar-refractivity contribution in [2.45, 2.75) is 19.0 Å². The molecule has 8 nitrogen and oxygen atoms in total. The van der Waals surface area contributed by atoms with Gasteiger partial charge in [-0.2, -0.15) is 13.2 Å². The second kappa shape index (κ2) is 9.56. The molecule has 1 aliphatic carbocycles. The number of urea groups is 1. The minimum Gasteiger partial charge on any atom is -0.439 e. The number of hydrogen-bond acceptors (Lipinski definition) is 5. The molecule has 3 aromatic rings. The molecule has 0 unspecified atom stereocenters. The molecule has 3 N–H and O–H groups in total. The van der Waals surface area contributed by atoms with Crippen molar-refractivity contribution in [3.8, 4) is 11.6 Å². The Morgan fingerprint density at radius 1 is 0.971 bits per heavy atom. The molecule has 0 aliphatic heterocycles. The molecule has 1 aliphatic rings. The van der Waals surface area contributed by atoms with Crippen molar-refractivity contribution < 1.29 is 27.5 Å². The van der Waals surface area contributed by atoms with E-state index in [1.807, 2.05) is 0 Å². The second-order valence-corrected chi connectivity index (χ2v) is 7.81. The predicted octanol–water partition coefficient (Wildman–Crippen LogP) is 5.93. The lowest BCUT2D eigenvalue weighted by molar-refractivity contribution is -0.137. The van der Waals surface area contributed by atoms with Crippen molar-refractivity contribution in [1.29, 1.82) is 0 Å². The van der Waals surface area contributed by atoms with Crippen molar-refractivity contribution in [2.24, 2.45) is 5.92 Å².